The van der Waals surface area contributed by atoms with Crippen LogP contribution in [-0.4, -0.2) is 20.4 Å². The van der Waals surface area contributed by atoms with Crippen molar-refractivity contribution < 1.29 is 0 Å². The molecule has 0 spiro atoms. The second-order valence-electron chi connectivity index (χ2n) is 0.697. The molecule has 0 saturated carbocycles. The van der Waals surface area contributed by atoms with E-state index in [-0.39, 0.29) is 20.4 Å². The monoisotopic (exact) mass is 66.0 g/mol. The zero-order chi connectivity index (χ0) is 3.41. The van der Waals surface area contributed by atoms with E-state index >= 15 is 0 Å². The van der Waals surface area contributed by atoms with Gasteiger partial charge in [0.05, 0.1) is 0 Å². The summed E-state index contributed by atoms with van der Waals surface area (Å²) in [6, 6.07) is 0. The molecule has 0 heterocycles. The van der Waals surface area contributed by atoms with Crippen molar-refractivity contribution >= 4 is 20.4 Å². The first-order valence-electron chi connectivity index (χ1n) is 1.52. The molecule has 0 aliphatic heterocycles. The third kappa shape index (κ3) is 2.51. The largest absolute Gasteiger partial charge is 0.392 e. The Morgan fingerprint density at radius 1 is 2.00 bits per heavy atom. The lowest BCUT2D eigenvalue weighted by atomic mass is 11.3. The SMILES string of the molecule is C=[CH][Mg][CH3]. The summed E-state index contributed by atoms with van der Waals surface area (Å²) in [5, 5.41) is 2.20. The molecule has 0 aliphatic rings. The van der Waals surface area contributed by atoms with Crippen LogP contribution in [0.15, 0.2) is 10.8 Å². The summed E-state index contributed by atoms with van der Waals surface area (Å²) in [6.45, 7) is 3.54. The molecule has 0 atom stereocenters. The van der Waals surface area contributed by atoms with Gasteiger partial charge in [-0.3, -0.25) is 0 Å². The van der Waals surface area contributed by atoms with E-state index in [0.29, 0.717) is 0 Å². The van der Waals surface area contributed by atoms with Crippen LogP contribution in [0.2, 0.25) is 5.05 Å². The van der Waals surface area contributed by atoms with Crippen molar-refractivity contribution in [3.8, 4) is 0 Å². The lowest BCUT2D eigenvalue weighted by Gasteiger charge is -1.48. The average molecular weight is 66.4 g/mol. The Bertz CT molecular complexity index is 17.2. The lowest BCUT2D eigenvalue weighted by Crippen LogP contribution is -1.61. The highest BCUT2D eigenvalue weighted by molar-refractivity contribution is 6.39. The van der Waals surface area contributed by atoms with Crippen molar-refractivity contribution in [3.05, 3.63) is 10.8 Å². The normalized spacial score (nSPS) is 4.25. The molecule has 0 fully saturated rings. The highest BCUT2D eigenvalue weighted by atomic mass is 24.5. The van der Waals surface area contributed by atoms with Crippen LogP contribution in [0.5, 0.6) is 0 Å². The van der Waals surface area contributed by atoms with E-state index in [1.165, 1.54) is 0 Å². The highest BCUT2D eigenvalue weighted by Gasteiger charge is 1.61. The van der Waals surface area contributed by atoms with Crippen molar-refractivity contribution in [1.29, 1.82) is 0 Å². The number of rotatable bonds is 1. The van der Waals surface area contributed by atoms with Gasteiger partial charge < -0.3 is 0 Å². The molecule has 0 rings (SSSR count). The summed E-state index contributed by atoms with van der Waals surface area (Å²) < 4.78 is 2.01. The summed E-state index contributed by atoms with van der Waals surface area (Å²) in [4.78, 5) is 0. The summed E-state index contributed by atoms with van der Waals surface area (Å²) in [5.41, 5.74) is 0. The Kier molecular flexibility index (Phi) is 3.95. The Morgan fingerprint density at radius 3 is 2.25 bits per heavy atom. The molecule has 0 aromatic rings. The van der Waals surface area contributed by atoms with Crippen LogP contribution in [0.3, 0.4) is 0 Å². The first-order valence-corrected chi connectivity index (χ1v) is 3.75. The van der Waals surface area contributed by atoms with Crippen molar-refractivity contribution in [2.24, 2.45) is 0 Å². The van der Waals surface area contributed by atoms with E-state index in [2.05, 4.69) is 11.6 Å². The molecule has 0 amide bonds. The molecule has 0 aromatic heterocycles. The predicted molar refractivity (Wildman–Crippen MR) is 21.8 cm³/mol. The van der Waals surface area contributed by atoms with E-state index in [0.717, 1.165) is 0 Å². The maximum Gasteiger partial charge on any atom is 0.392 e. The minimum atomic E-state index is 0.188. The Morgan fingerprint density at radius 2 is 2.25 bits per heavy atom. The van der Waals surface area contributed by atoms with E-state index in [1.54, 1.807) is 0 Å². The molecule has 1 heteroatoms. The van der Waals surface area contributed by atoms with Gasteiger partial charge in [-0.15, -0.1) is 6.58 Å². The maximum absolute atomic E-state index is 3.54. The molecule has 0 aliphatic carbocycles. The topological polar surface area (TPSA) is 0 Å². The van der Waals surface area contributed by atoms with Crippen molar-refractivity contribution in [1.82, 2.24) is 0 Å². The van der Waals surface area contributed by atoms with Gasteiger partial charge in [-0.05, 0) is 0 Å². The third-order valence-corrected chi connectivity index (χ3v) is 0.866. The summed E-state index contributed by atoms with van der Waals surface area (Å²) >= 11 is 0.188. The zero-order valence-electron chi connectivity index (χ0n) is 2.99. The van der Waals surface area contributed by atoms with Crippen LogP contribution in [-0.2, 0) is 0 Å². The molecule has 0 N–H and O–H groups in total. The predicted octanol–water partition coefficient (Wildman–Crippen LogP) is 0.882. The summed E-state index contributed by atoms with van der Waals surface area (Å²) in [6.07, 6.45) is 0. The van der Waals surface area contributed by atoms with Crippen LogP contribution >= 0.6 is 0 Å². The average Bonchev–Trinajstić information content (AvgIpc) is 1.37. The second kappa shape index (κ2) is 3.51. The molecule has 0 unspecified atom stereocenters. The standard InChI is InChI=1S/C2H3.CH3.Mg/c1-2;;/h1H,2H2;1H3;. The summed E-state index contributed by atoms with van der Waals surface area (Å²) in [5.74, 6) is 0. The Balaban J connectivity index is 2.30. The van der Waals surface area contributed by atoms with Gasteiger partial charge in [0.15, 0.2) is 0 Å². The van der Waals surface area contributed by atoms with Crippen LogP contribution < -0.4 is 0 Å². The third-order valence-electron chi connectivity index (χ3n) is 0.289. The fraction of sp³-hybridized carbons (Fsp3) is 0.333. The van der Waals surface area contributed by atoms with Crippen LogP contribution in [0.25, 0.3) is 0 Å². The van der Waals surface area contributed by atoms with Gasteiger partial charge in [-0.2, -0.15) is 5.05 Å². The van der Waals surface area contributed by atoms with Crippen molar-refractivity contribution in [2.75, 3.05) is 0 Å². The molecule has 0 bridgehead atoms. The van der Waals surface area contributed by atoms with Crippen LogP contribution in [0.1, 0.15) is 0 Å². The van der Waals surface area contributed by atoms with Crippen LogP contribution in [0, 0.1) is 0 Å². The smallest absolute Gasteiger partial charge is 0.214 e. The van der Waals surface area contributed by atoms with E-state index < -0.39 is 0 Å². The van der Waals surface area contributed by atoms with Crippen molar-refractivity contribution in [2.45, 2.75) is 5.05 Å². The van der Waals surface area contributed by atoms with Gasteiger partial charge in [0, 0.05) is 0 Å². The first kappa shape index (κ1) is 4.51. The van der Waals surface area contributed by atoms with Gasteiger partial charge >= 0.3 is 20.4 Å². The van der Waals surface area contributed by atoms with E-state index in [4.69, 9.17) is 0 Å². The van der Waals surface area contributed by atoms with Crippen molar-refractivity contribution in [3.63, 3.8) is 0 Å². The molecule has 0 radical (unpaired) electrons. The highest BCUT2D eigenvalue weighted by Crippen LogP contribution is 1.48. The zero-order valence-corrected chi connectivity index (χ0v) is 4.41. The Labute approximate surface area is 36.6 Å². The van der Waals surface area contributed by atoms with Gasteiger partial charge in [0.2, 0.25) is 0 Å². The molecule has 0 saturated heterocycles. The number of hydrogen-bond donors (Lipinski definition) is 0. The molecular weight excluding hydrogens is 60.3 g/mol. The van der Waals surface area contributed by atoms with Gasteiger partial charge in [-0.25, -0.2) is 4.21 Å². The van der Waals surface area contributed by atoms with Crippen LogP contribution in [0.4, 0.5) is 0 Å². The molecule has 4 heavy (non-hydrogen) atoms. The number of hydrogen-bond acceptors (Lipinski definition) is 0. The lowest BCUT2D eigenvalue weighted by molar-refractivity contribution is 2.26. The molecule has 0 nitrogen and oxygen atoms in total. The van der Waals surface area contributed by atoms with E-state index in [9.17, 15) is 0 Å². The van der Waals surface area contributed by atoms with Gasteiger partial charge in [0.1, 0.15) is 0 Å². The summed E-state index contributed by atoms with van der Waals surface area (Å²) in [7, 11) is 0. The minimum Gasteiger partial charge on any atom is -0.214 e. The Hall–Kier alpha value is 0.506. The molecule has 20 valence electrons. The fourth-order valence-electron chi connectivity index (χ4n) is 0. The second-order valence-corrected chi connectivity index (χ2v) is 2.09. The molecular formula is C3H6Mg. The fourth-order valence-corrected chi connectivity index (χ4v) is 0. The quantitative estimate of drug-likeness (QED) is 0.399. The maximum atomic E-state index is 3.54. The molecule has 0 aromatic carbocycles. The first-order chi connectivity index (χ1) is 1.91. The van der Waals surface area contributed by atoms with E-state index in [1.807, 2.05) is 4.21 Å². The van der Waals surface area contributed by atoms with Gasteiger partial charge in [-0.1, -0.05) is 0 Å². The van der Waals surface area contributed by atoms with Gasteiger partial charge in [0.25, 0.3) is 0 Å². The minimum absolute atomic E-state index is 0.188.